The van der Waals surface area contributed by atoms with Crippen molar-refractivity contribution < 1.29 is 13.2 Å². The highest BCUT2D eigenvalue weighted by molar-refractivity contribution is 7.09. The minimum atomic E-state index is -4.40. The molecule has 0 saturated carbocycles. The number of guanidine groups is 1. The SMILES string of the molecule is CCNC(=NCc1cccc(Cn2cncn2)c1)NCCc1nc(C(F)(F)F)cs1. The van der Waals surface area contributed by atoms with Crippen LogP contribution < -0.4 is 10.6 Å². The van der Waals surface area contributed by atoms with Crippen molar-refractivity contribution in [2.45, 2.75) is 32.6 Å². The second-order valence-corrected chi connectivity index (χ2v) is 7.35. The third-order valence-corrected chi connectivity index (χ3v) is 4.95. The highest BCUT2D eigenvalue weighted by atomic mass is 32.1. The molecule has 0 amide bonds. The molecule has 0 unspecified atom stereocenters. The lowest BCUT2D eigenvalue weighted by atomic mass is 10.1. The Morgan fingerprint density at radius 3 is 2.77 bits per heavy atom. The van der Waals surface area contributed by atoms with Crippen LogP contribution in [0.15, 0.2) is 47.3 Å². The number of nitrogens with one attached hydrogen (secondary N) is 2. The number of aromatic nitrogens is 4. The number of halogens is 3. The van der Waals surface area contributed by atoms with Gasteiger partial charge in [0, 0.05) is 24.9 Å². The van der Waals surface area contributed by atoms with E-state index in [1.54, 1.807) is 11.0 Å². The van der Waals surface area contributed by atoms with Crippen LogP contribution in [-0.4, -0.2) is 38.8 Å². The molecule has 11 heteroatoms. The molecule has 2 N–H and O–H groups in total. The van der Waals surface area contributed by atoms with Gasteiger partial charge in [0.15, 0.2) is 11.7 Å². The number of thiazole rings is 1. The monoisotopic (exact) mass is 437 g/mol. The summed E-state index contributed by atoms with van der Waals surface area (Å²) in [5.41, 5.74) is 1.30. The van der Waals surface area contributed by atoms with E-state index in [4.69, 9.17) is 0 Å². The van der Waals surface area contributed by atoms with Crippen molar-refractivity contribution in [1.29, 1.82) is 0 Å². The predicted octanol–water partition coefficient (Wildman–Crippen LogP) is 3.10. The van der Waals surface area contributed by atoms with Crippen LogP contribution in [0.1, 0.15) is 28.8 Å². The Balaban J connectivity index is 1.54. The molecule has 0 aliphatic heterocycles. The molecular formula is C19H22F3N7S. The molecular weight excluding hydrogens is 415 g/mol. The lowest BCUT2D eigenvalue weighted by molar-refractivity contribution is -0.140. The normalized spacial score (nSPS) is 12.2. The molecule has 0 bridgehead atoms. The average Bonchev–Trinajstić information content (AvgIpc) is 3.38. The zero-order valence-corrected chi connectivity index (χ0v) is 17.2. The molecule has 0 aliphatic rings. The van der Waals surface area contributed by atoms with Gasteiger partial charge >= 0.3 is 6.18 Å². The van der Waals surface area contributed by atoms with Gasteiger partial charge in [-0.3, -0.25) is 0 Å². The highest BCUT2D eigenvalue weighted by Gasteiger charge is 2.33. The smallest absolute Gasteiger partial charge is 0.357 e. The molecule has 160 valence electrons. The molecule has 1 aromatic carbocycles. The summed E-state index contributed by atoms with van der Waals surface area (Å²) in [6, 6.07) is 8.04. The van der Waals surface area contributed by atoms with Gasteiger partial charge in [-0.05, 0) is 18.1 Å². The maximum absolute atomic E-state index is 12.6. The topological polar surface area (TPSA) is 80.0 Å². The van der Waals surface area contributed by atoms with Crippen LogP contribution in [0.4, 0.5) is 13.2 Å². The van der Waals surface area contributed by atoms with E-state index < -0.39 is 11.9 Å². The van der Waals surface area contributed by atoms with Crippen LogP contribution in [0, 0.1) is 0 Å². The zero-order valence-electron chi connectivity index (χ0n) is 16.4. The summed E-state index contributed by atoms with van der Waals surface area (Å²) in [6.07, 6.45) is -0.851. The molecule has 0 fully saturated rings. The molecule has 0 saturated heterocycles. The number of hydrogen-bond acceptors (Lipinski definition) is 5. The third kappa shape index (κ3) is 6.55. The summed E-state index contributed by atoms with van der Waals surface area (Å²) >= 11 is 1.01. The Kier molecular flexibility index (Phi) is 7.39. The minimum Gasteiger partial charge on any atom is -0.357 e. The Morgan fingerprint density at radius 1 is 1.23 bits per heavy atom. The van der Waals surface area contributed by atoms with E-state index >= 15 is 0 Å². The number of nitrogens with zero attached hydrogens (tertiary/aromatic N) is 5. The van der Waals surface area contributed by atoms with Gasteiger partial charge in [0.25, 0.3) is 0 Å². The van der Waals surface area contributed by atoms with Crippen LogP contribution in [0.2, 0.25) is 0 Å². The van der Waals surface area contributed by atoms with E-state index in [0.717, 1.165) is 27.8 Å². The van der Waals surface area contributed by atoms with Crippen molar-refractivity contribution in [3.63, 3.8) is 0 Å². The van der Waals surface area contributed by atoms with Crippen LogP contribution in [0.3, 0.4) is 0 Å². The van der Waals surface area contributed by atoms with Gasteiger partial charge in [-0.2, -0.15) is 18.3 Å². The Bertz CT molecular complexity index is 951. The van der Waals surface area contributed by atoms with Gasteiger partial charge in [0.05, 0.1) is 18.1 Å². The lowest BCUT2D eigenvalue weighted by Crippen LogP contribution is -2.38. The van der Waals surface area contributed by atoms with Gasteiger partial charge < -0.3 is 10.6 Å². The molecule has 7 nitrogen and oxygen atoms in total. The number of alkyl halides is 3. The van der Waals surface area contributed by atoms with Crippen LogP contribution in [0.25, 0.3) is 0 Å². The molecule has 30 heavy (non-hydrogen) atoms. The average molecular weight is 437 g/mol. The van der Waals surface area contributed by atoms with Crippen LogP contribution in [0.5, 0.6) is 0 Å². The van der Waals surface area contributed by atoms with Crippen LogP contribution >= 0.6 is 11.3 Å². The number of rotatable bonds is 8. The maximum Gasteiger partial charge on any atom is 0.434 e. The number of aliphatic imine (C=N–C) groups is 1. The fourth-order valence-corrected chi connectivity index (χ4v) is 3.49. The van der Waals surface area contributed by atoms with E-state index in [-0.39, 0.29) is 0 Å². The molecule has 0 aliphatic carbocycles. The largest absolute Gasteiger partial charge is 0.434 e. The van der Waals surface area contributed by atoms with Crippen molar-refractivity contribution in [3.8, 4) is 0 Å². The standard InChI is InChI=1S/C19H22F3N7S/c1-2-24-18(25-7-6-17-28-16(11-30-17)19(20,21)22)26-9-14-4-3-5-15(8-14)10-29-13-23-12-27-29/h3-5,8,11-13H,2,6-7,9-10H2,1H3,(H2,24,25,26). The van der Waals surface area contributed by atoms with Gasteiger partial charge in [-0.15, -0.1) is 11.3 Å². The van der Waals surface area contributed by atoms with E-state index in [1.165, 1.54) is 6.33 Å². The Hall–Kier alpha value is -2.95. The fraction of sp³-hybridized carbons (Fsp3) is 0.368. The van der Waals surface area contributed by atoms with E-state index in [1.807, 2.05) is 25.1 Å². The van der Waals surface area contributed by atoms with E-state index in [9.17, 15) is 13.2 Å². The summed E-state index contributed by atoms with van der Waals surface area (Å²) in [5, 5.41) is 11.9. The van der Waals surface area contributed by atoms with Gasteiger partial charge in [-0.1, -0.05) is 24.3 Å². The van der Waals surface area contributed by atoms with Crippen molar-refractivity contribution in [1.82, 2.24) is 30.4 Å². The van der Waals surface area contributed by atoms with E-state index in [0.29, 0.717) is 43.6 Å². The minimum absolute atomic E-state index is 0.387. The maximum atomic E-state index is 12.6. The third-order valence-electron chi connectivity index (χ3n) is 4.04. The molecule has 0 radical (unpaired) electrons. The molecule has 2 aromatic heterocycles. The van der Waals surface area contributed by atoms with Gasteiger partial charge in [0.2, 0.25) is 0 Å². The molecule has 3 rings (SSSR count). The van der Waals surface area contributed by atoms with Crippen molar-refractivity contribution >= 4 is 17.3 Å². The highest BCUT2D eigenvalue weighted by Crippen LogP contribution is 2.29. The molecule has 0 atom stereocenters. The van der Waals surface area contributed by atoms with Gasteiger partial charge in [-0.25, -0.2) is 19.6 Å². The summed E-state index contributed by atoms with van der Waals surface area (Å²) in [7, 11) is 0. The van der Waals surface area contributed by atoms with Crippen LogP contribution in [-0.2, 0) is 25.7 Å². The quantitative estimate of drug-likeness (QED) is 0.418. The second-order valence-electron chi connectivity index (χ2n) is 6.41. The number of hydrogen-bond donors (Lipinski definition) is 2. The molecule has 2 heterocycles. The molecule has 3 aromatic rings. The van der Waals surface area contributed by atoms with Crippen molar-refractivity contribution in [2.24, 2.45) is 4.99 Å². The first-order valence-electron chi connectivity index (χ1n) is 9.38. The van der Waals surface area contributed by atoms with Crippen molar-refractivity contribution in [3.05, 3.63) is 64.1 Å². The van der Waals surface area contributed by atoms with Crippen molar-refractivity contribution in [2.75, 3.05) is 13.1 Å². The lowest BCUT2D eigenvalue weighted by Gasteiger charge is -2.11. The zero-order chi connectivity index (χ0) is 21.4. The van der Waals surface area contributed by atoms with Gasteiger partial charge in [0.1, 0.15) is 12.7 Å². The Morgan fingerprint density at radius 2 is 2.07 bits per heavy atom. The summed E-state index contributed by atoms with van der Waals surface area (Å²) in [6.45, 7) is 4.16. The first kappa shape index (κ1) is 21.8. The first-order chi connectivity index (χ1) is 14.4. The number of benzene rings is 1. The predicted molar refractivity (Wildman–Crippen MR) is 109 cm³/mol. The first-order valence-corrected chi connectivity index (χ1v) is 10.3. The van der Waals surface area contributed by atoms with E-state index in [2.05, 4.69) is 36.8 Å². The summed E-state index contributed by atoms with van der Waals surface area (Å²) in [5.74, 6) is 0.604. The fourth-order valence-electron chi connectivity index (χ4n) is 2.68. The summed E-state index contributed by atoms with van der Waals surface area (Å²) < 4.78 is 39.7. The molecule has 0 spiro atoms. The summed E-state index contributed by atoms with van der Waals surface area (Å²) in [4.78, 5) is 12.1. The second kappa shape index (κ2) is 10.2. The Labute approximate surface area is 176 Å².